The molecule has 14 heteroatoms. The number of rotatable bonds is 8. The number of aromatic nitrogens is 4. The number of nitrogens with zero attached hydrogens (tertiary/aromatic N) is 5. The zero-order valence-corrected chi connectivity index (χ0v) is 21.6. The van der Waals surface area contributed by atoms with Crippen LogP contribution in [-0.2, 0) is 16.0 Å². The summed E-state index contributed by atoms with van der Waals surface area (Å²) in [5.41, 5.74) is 7.98. The van der Waals surface area contributed by atoms with E-state index >= 15 is 0 Å². The van der Waals surface area contributed by atoms with E-state index in [0.29, 0.717) is 29.2 Å². The van der Waals surface area contributed by atoms with Crippen molar-refractivity contribution in [3.63, 3.8) is 0 Å². The van der Waals surface area contributed by atoms with Crippen LogP contribution in [0.1, 0.15) is 11.8 Å². The molecule has 36 heavy (non-hydrogen) atoms. The maximum absolute atomic E-state index is 12.8. The maximum atomic E-state index is 12.8. The van der Waals surface area contributed by atoms with E-state index in [4.69, 9.17) is 15.2 Å². The Balaban J connectivity index is 0.00000228. The van der Waals surface area contributed by atoms with E-state index < -0.39 is 43.0 Å². The maximum Gasteiger partial charge on any atom is 0.237 e. The molecule has 5 N–H and O–H groups in total. The number of nitrogens with two attached hydrogens (primary N) is 1. The van der Waals surface area contributed by atoms with Crippen molar-refractivity contribution >= 4 is 47.7 Å². The summed E-state index contributed by atoms with van der Waals surface area (Å²) in [7, 11) is 5.25. The smallest absolute Gasteiger partial charge is 0.237 e. The lowest BCUT2D eigenvalue weighted by Gasteiger charge is -2.23. The van der Waals surface area contributed by atoms with Crippen LogP contribution >= 0.6 is 24.8 Å². The van der Waals surface area contributed by atoms with Crippen LogP contribution in [0.5, 0.6) is 5.75 Å². The lowest BCUT2D eigenvalue weighted by molar-refractivity contribution is -0.124. The van der Waals surface area contributed by atoms with E-state index in [1.54, 1.807) is 28.7 Å². The molecule has 3 unspecified atom stereocenters. The first kappa shape index (κ1) is 29.5. The van der Waals surface area contributed by atoms with Gasteiger partial charge in [0.15, 0.2) is 23.2 Å². The second-order valence-electron chi connectivity index (χ2n) is 8.35. The second kappa shape index (κ2) is 12.5. The van der Waals surface area contributed by atoms with Crippen molar-refractivity contribution in [3.8, 4) is 5.75 Å². The lowest BCUT2D eigenvalue weighted by atomic mass is 10.0. The van der Waals surface area contributed by atoms with Gasteiger partial charge in [-0.15, -0.1) is 24.8 Å². The zero-order valence-electron chi connectivity index (χ0n) is 20.0. The van der Waals surface area contributed by atoms with Crippen LogP contribution in [0, 0.1) is 0 Å². The van der Waals surface area contributed by atoms with Gasteiger partial charge in [0.1, 0.15) is 24.3 Å². The largest absolute Gasteiger partial charge is 0.497 e. The molecule has 0 bridgehead atoms. The number of imidazole rings is 1. The first-order valence-electron chi connectivity index (χ1n) is 10.8. The molecule has 3 heterocycles. The van der Waals surface area contributed by atoms with E-state index in [1.807, 2.05) is 26.2 Å². The average Bonchev–Trinajstić information content (AvgIpc) is 3.40. The number of amides is 1. The molecule has 5 atom stereocenters. The third kappa shape index (κ3) is 5.80. The number of carbonyl (C=O) groups is 1. The van der Waals surface area contributed by atoms with Gasteiger partial charge in [-0.05, 0) is 24.1 Å². The quantitative estimate of drug-likeness (QED) is 0.305. The summed E-state index contributed by atoms with van der Waals surface area (Å²) in [6.45, 7) is -0.406. The van der Waals surface area contributed by atoms with Gasteiger partial charge in [0, 0.05) is 14.1 Å². The van der Waals surface area contributed by atoms with Crippen LogP contribution < -0.4 is 20.7 Å². The van der Waals surface area contributed by atoms with E-state index in [9.17, 15) is 15.0 Å². The van der Waals surface area contributed by atoms with Crippen molar-refractivity contribution in [2.45, 2.75) is 36.9 Å². The Labute approximate surface area is 220 Å². The predicted molar refractivity (Wildman–Crippen MR) is 138 cm³/mol. The van der Waals surface area contributed by atoms with Crippen molar-refractivity contribution in [2.75, 3.05) is 32.7 Å². The molecule has 4 rings (SSSR count). The van der Waals surface area contributed by atoms with Crippen molar-refractivity contribution in [3.05, 3.63) is 42.5 Å². The molecule has 0 radical (unpaired) electrons. The monoisotopic (exact) mass is 543 g/mol. The number of aliphatic hydroxyl groups is 2. The average molecular weight is 544 g/mol. The number of hydrogen-bond acceptors (Lipinski definition) is 10. The van der Waals surface area contributed by atoms with Crippen LogP contribution in [0.15, 0.2) is 36.9 Å². The molecule has 1 aromatic carbocycles. The number of methoxy groups -OCH3 is 1. The lowest BCUT2D eigenvalue weighted by Crippen LogP contribution is -2.53. The van der Waals surface area contributed by atoms with Gasteiger partial charge in [0.05, 0.1) is 32.1 Å². The molecule has 2 aromatic heterocycles. The van der Waals surface area contributed by atoms with Gasteiger partial charge in [0.2, 0.25) is 5.91 Å². The summed E-state index contributed by atoms with van der Waals surface area (Å²) >= 11 is 0. The summed E-state index contributed by atoms with van der Waals surface area (Å²) in [6, 6.07) is 5.52. The molecule has 12 nitrogen and oxygen atoms in total. The molecule has 0 spiro atoms. The van der Waals surface area contributed by atoms with Crippen molar-refractivity contribution < 1.29 is 24.5 Å². The standard InChI is InChI=1S/C22H29N7O5.2ClH/c1-28(2)19-17-20(25-10-24-19)29(11-26-17)22-18(31)16(15(9-30)34-22)27-21(32)14(23)8-12-4-6-13(33-3)7-5-12;;/h4-7,10-11,14-16,18,22,30-31H,8-9,23H2,1-3H3,(H,27,32);2*1H/t14-,15?,16?,18-,22?;;/m0../s1. The minimum Gasteiger partial charge on any atom is -0.497 e. The van der Waals surface area contributed by atoms with Crippen molar-refractivity contribution in [2.24, 2.45) is 5.73 Å². The predicted octanol–water partition coefficient (Wildman–Crippen LogP) is 0.0499. The molecule has 198 valence electrons. The first-order chi connectivity index (χ1) is 16.3. The first-order valence-corrected chi connectivity index (χ1v) is 10.8. The van der Waals surface area contributed by atoms with Gasteiger partial charge in [-0.2, -0.15) is 0 Å². The summed E-state index contributed by atoms with van der Waals surface area (Å²) < 4.78 is 12.6. The Morgan fingerprint density at radius 1 is 1.25 bits per heavy atom. The van der Waals surface area contributed by atoms with Gasteiger partial charge in [-0.3, -0.25) is 9.36 Å². The Bertz CT molecular complexity index is 1150. The number of hydrogen-bond donors (Lipinski definition) is 4. The molecular weight excluding hydrogens is 513 g/mol. The highest BCUT2D eigenvalue weighted by atomic mass is 35.5. The van der Waals surface area contributed by atoms with E-state index in [1.165, 1.54) is 12.7 Å². The normalized spacial score (nSPS) is 21.8. The molecule has 3 aromatic rings. The fraction of sp³-hybridized carbons (Fsp3) is 0.455. The third-order valence-corrected chi connectivity index (χ3v) is 5.85. The molecule has 1 aliphatic rings. The second-order valence-corrected chi connectivity index (χ2v) is 8.35. The minimum atomic E-state index is -1.18. The van der Waals surface area contributed by atoms with Crippen molar-refractivity contribution in [1.29, 1.82) is 0 Å². The Hall–Kier alpha value is -2.74. The van der Waals surface area contributed by atoms with Crippen LogP contribution in [0.2, 0.25) is 0 Å². The van der Waals surface area contributed by atoms with Gasteiger partial charge in [0.25, 0.3) is 0 Å². The van der Waals surface area contributed by atoms with E-state index in [2.05, 4.69) is 20.3 Å². The Kier molecular flexibility index (Phi) is 10.2. The topological polar surface area (TPSA) is 161 Å². The molecule has 1 saturated heterocycles. The number of carbonyl (C=O) groups excluding carboxylic acids is 1. The van der Waals surface area contributed by atoms with Crippen LogP contribution in [-0.4, -0.2) is 87.7 Å². The van der Waals surface area contributed by atoms with Crippen LogP contribution in [0.25, 0.3) is 11.2 Å². The fourth-order valence-corrected chi connectivity index (χ4v) is 4.04. The summed E-state index contributed by atoms with van der Waals surface area (Å²) in [4.78, 5) is 27.5. The summed E-state index contributed by atoms with van der Waals surface area (Å²) in [6.07, 6.45) is 0.250. The molecular formula is C22H31Cl2N7O5. The molecule has 0 saturated carbocycles. The van der Waals surface area contributed by atoms with Gasteiger partial charge in [-0.1, -0.05) is 12.1 Å². The number of anilines is 1. The summed E-state index contributed by atoms with van der Waals surface area (Å²) in [5, 5.41) is 23.6. The van der Waals surface area contributed by atoms with E-state index in [-0.39, 0.29) is 24.8 Å². The number of aliphatic hydroxyl groups excluding tert-OH is 2. The van der Waals surface area contributed by atoms with Crippen molar-refractivity contribution in [1.82, 2.24) is 24.8 Å². The van der Waals surface area contributed by atoms with Crippen LogP contribution in [0.3, 0.4) is 0 Å². The highest BCUT2D eigenvalue weighted by Gasteiger charge is 2.46. The molecule has 1 fully saturated rings. The fourth-order valence-electron chi connectivity index (χ4n) is 4.04. The SMILES string of the molecule is COc1ccc(C[C@H](N)C(=O)NC2C(CO)OC(n3cnc4c(N(C)C)ncnc43)[C@H]2O)cc1.Cl.Cl. The van der Waals surface area contributed by atoms with Gasteiger partial charge in [-0.25, -0.2) is 15.0 Å². The highest BCUT2D eigenvalue weighted by Crippen LogP contribution is 2.32. The van der Waals surface area contributed by atoms with E-state index in [0.717, 1.165) is 5.56 Å². The molecule has 0 aliphatic carbocycles. The van der Waals surface area contributed by atoms with Crippen LogP contribution in [0.4, 0.5) is 5.82 Å². The Morgan fingerprint density at radius 3 is 2.56 bits per heavy atom. The summed E-state index contributed by atoms with van der Waals surface area (Å²) in [5.74, 6) is 0.861. The number of benzene rings is 1. The van der Waals surface area contributed by atoms with Gasteiger partial charge >= 0.3 is 0 Å². The molecule has 1 aliphatic heterocycles. The molecule has 1 amide bonds. The number of ether oxygens (including phenoxy) is 2. The zero-order chi connectivity index (χ0) is 24.4. The number of halogens is 2. The third-order valence-electron chi connectivity index (χ3n) is 5.85. The number of nitrogens with one attached hydrogen (secondary N) is 1. The minimum absolute atomic E-state index is 0. The Morgan fingerprint density at radius 2 is 1.94 bits per heavy atom. The van der Waals surface area contributed by atoms with Gasteiger partial charge < -0.3 is 35.6 Å². The highest BCUT2D eigenvalue weighted by molar-refractivity contribution is 5.86. The number of fused-ring (bicyclic) bond motifs is 1.